The molecular formula is C27H27FN2O6S. The molecular weight excluding hydrogens is 499 g/mol. The van der Waals surface area contributed by atoms with Gasteiger partial charge in [0.15, 0.2) is 0 Å². The number of para-hydroxylation sites is 1. The Morgan fingerprint density at radius 2 is 1.73 bits per heavy atom. The lowest BCUT2D eigenvalue weighted by atomic mass is 10.0. The zero-order valence-electron chi connectivity index (χ0n) is 20.2. The average molecular weight is 527 g/mol. The number of sulfonamides is 1. The summed E-state index contributed by atoms with van der Waals surface area (Å²) < 4.78 is 53.0. The van der Waals surface area contributed by atoms with Crippen LogP contribution in [0.25, 0.3) is 0 Å². The third kappa shape index (κ3) is 6.33. The van der Waals surface area contributed by atoms with E-state index in [1.54, 1.807) is 31.2 Å². The van der Waals surface area contributed by atoms with Gasteiger partial charge in [0.25, 0.3) is 5.91 Å². The summed E-state index contributed by atoms with van der Waals surface area (Å²) in [6.45, 7) is 1.91. The Hall–Kier alpha value is -3.76. The molecule has 1 aliphatic rings. The van der Waals surface area contributed by atoms with Crippen LogP contribution in [0.2, 0.25) is 0 Å². The number of halogens is 1. The van der Waals surface area contributed by atoms with Gasteiger partial charge in [-0.05, 0) is 74.4 Å². The number of nitrogens with zero attached hydrogens (tertiary/aromatic N) is 1. The quantitative estimate of drug-likeness (QED) is 0.422. The van der Waals surface area contributed by atoms with E-state index in [4.69, 9.17) is 9.47 Å². The van der Waals surface area contributed by atoms with E-state index in [9.17, 15) is 22.4 Å². The predicted molar refractivity (Wildman–Crippen MR) is 135 cm³/mol. The van der Waals surface area contributed by atoms with Crippen LogP contribution in [0.15, 0.2) is 77.7 Å². The predicted octanol–water partition coefficient (Wildman–Crippen LogP) is 4.83. The molecule has 1 heterocycles. The molecule has 194 valence electrons. The van der Waals surface area contributed by atoms with Crippen LogP contribution in [0.3, 0.4) is 0 Å². The Balaban J connectivity index is 1.47. The zero-order chi connectivity index (χ0) is 26.4. The fraction of sp³-hybridized carbons (Fsp3) is 0.259. The largest absolute Gasteiger partial charge is 0.466 e. The van der Waals surface area contributed by atoms with E-state index in [0.29, 0.717) is 30.0 Å². The van der Waals surface area contributed by atoms with Crippen molar-refractivity contribution in [2.24, 2.45) is 5.92 Å². The third-order valence-corrected chi connectivity index (χ3v) is 7.79. The highest BCUT2D eigenvalue weighted by Gasteiger charge is 2.35. The smallest absolute Gasteiger partial charge is 0.310 e. The van der Waals surface area contributed by atoms with Crippen LogP contribution < -0.4 is 10.1 Å². The summed E-state index contributed by atoms with van der Waals surface area (Å²) in [6.07, 6.45) is 0.930. The van der Waals surface area contributed by atoms with Gasteiger partial charge in [0.2, 0.25) is 10.0 Å². The van der Waals surface area contributed by atoms with Gasteiger partial charge >= 0.3 is 5.97 Å². The van der Waals surface area contributed by atoms with Crippen molar-refractivity contribution in [3.63, 3.8) is 0 Å². The molecule has 3 aromatic rings. The van der Waals surface area contributed by atoms with E-state index in [1.807, 2.05) is 30.3 Å². The number of anilines is 1. The van der Waals surface area contributed by atoms with Crippen LogP contribution in [0.5, 0.6) is 11.5 Å². The van der Waals surface area contributed by atoms with Gasteiger partial charge < -0.3 is 14.8 Å². The standard InChI is InChI=1S/C27H27FN2O6S/c1-2-35-27(32)20-7-6-16-30(18-20)37(33,34)25-17-19(10-15-24(25)28)26(31)29-21-11-13-23(14-12-21)36-22-8-4-3-5-9-22/h3-5,8-15,17,20H,2,6-7,16,18H2,1H3,(H,29,31). The highest BCUT2D eigenvalue weighted by atomic mass is 32.2. The first-order valence-electron chi connectivity index (χ1n) is 11.9. The van der Waals surface area contributed by atoms with Crippen molar-refractivity contribution < 1.29 is 31.9 Å². The topological polar surface area (TPSA) is 102 Å². The van der Waals surface area contributed by atoms with E-state index < -0.39 is 38.5 Å². The summed E-state index contributed by atoms with van der Waals surface area (Å²) in [4.78, 5) is 24.3. The second-order valence-corrected chi connectivity index (χ2v) is 10.4. The van der Waals surface area contributed by atoms with Crippen LogP contribution in [0.1, 0.15) is 30.1 Å². The van der Waals surface area contributed by atoms with E-state index in [1.165, 1.54) is 6.07 Å². The summed E-state index contributed by atoms with van der Waals surface area (Å²) in [5, 5.41) is 2.68. The number of hydrogen-bond acceptors (Lipinski definition) is 6. The van der Waals surface area contributed by atoms with Crippen molar-refractivity contribution in [2.75, 3.05) is 25.0 Å². The molecule has 0 bridgehead atoms. The molecule has 37 heavy (non-hydrogen) atoms. The first kappa shape index (κ1) is 26.3. The maximum Gasteiger partial charge on any atom is 0.310 e. The lowest BCUT2D eigenvalue weighted by molar-refractivity contribution is -0.149. The van der Waals surface area contributed by atoms with Crippen LogP contribution in [0, 0.1) is 11.7 Å². The Kier molecular flexibility index (Phi) is 8.20. The van der Waals surface area contributed by atoms with Crippen LogP contribution in [-0.2, 0) is 19.6 Å². The highest BCUT2D eigenvalue weighted by Crippen LogP contribution is 2.28. The summed E-state index contributed by atoms with van der Waals surface area (Å²) in [5.74, 6) is -1.43. The van der Waals surface area contributed by atoms with E-state index in [-0.39, 0.29) is 25.3 Å². The van der Waals surface area contributed by atoms with Crippen LogP contribution in [-0.4, -0.2) is 44.3 Å². The molecule has 1 fully saturated rings. The van der Waals surface area contributed by atoms with E-state index >= 15 is 0 Å². The second-order valence-electron chi connectivity index (χ2n) is 8.49. The van der Waals surface area contributed by atoms with Gasteiger partial charge in [-0.3, -0.25) is 9.59 Å². The van der Waals surface area contributed by atoms with Crippen LogP contribution >= 0.6 is 0 Å². The SMILES string of the molecule is CCOC(=O)C1CCCN(S(=O)(=O)c2cc(C(=O)Nc3ccc(Oc4ccccc4)cc3)ccc2F)C1. The number of amides is 1. The number of nitrogens with one attached hydrogen (secondary N) is 1. The number of carbonyl (C=O) groups excluding carboxylic acids is 2. The average Bonchev–Trinajstić information content (AvgIpc) is 2.90. The van der Waals surface area contributed by atoms with Gasteiger partial charge in [-0.2, -0.15) is 4.31 Å². The van der Waals surface area contributed by atoms with Gasteiger partial charge in [-0.1, -0.05) is 18.2 Å². The second kappa shape index (κ2) is 11.5. The van der Waals surface area contributed by atoms with Crippen molar-refractivity contribution in [2.45, 2.75) is 24.7 Å². The number of rotatable bonds is 8. The number of carbonyl (C=O) groups is 2. The molecule has 0 aromatic heterocycles. The van der Waals surface area contributed by atoms with Crippen molar-refractivity contribution in [1.82, 2.24) is 4.31 Å². The molecule has 1 saturated heterocycles. The van der Waals surface area contributed by atoms with Crippen molar-refractivity contribution in [3.8, 4) is 11.5 Å². The van der Waals surface area contributed by atoms with Gasteiger partial charge in [0.1, 0.15) is 22.2 Å². The van der Waals surface area contributed by atoms with E-state index in [0.717, 1.165) is 16.4 Å². The summed E-state index contributed by atoms with van der Waals surface area (Å²) in [5.41, 5.74) is 0.427. The van der Waals surface area contributed by atoms with Crippen molar-refractivity contribution >= 4 is 27.6 Å². The minimum Gasteiger partial charge on any atom is -0.466 e. The molecule has 4 rings (SSSR count). The normalized spacial score (nSPS) is 16.1. The Bertz CT molecular complexity index is 1360. The molecule has 0 spiro atoms. The summed E-state index contributed by atoms with van der Waals surface area (Å²) >= 11 is 0. The molecule has 3 aromatic carbocycles. The van der Waals surface area contributed by atoms with Crippen molar-refractivity contribution in [3.05, 3.63) is 84.2 Å². The third-order valence-electron chi connectivity index (χ3n) is 5.91. The number of benzene rings is 3. The lowest BCUT2D eigenvalue weighted by Crippen LogP contribution is -2.43. The molecule has 0 aliphatic carbocycles. The molecule has 0 radical (unpaired) electrons. The fourth-order valence-electron chi connectivity index (χ4n) is 4.03. The molecule has 0 saturated carbocycles. The highest BCUT2D eigenvalue weighted by molar-refractivity contribution is 7.89. The van der Waals surface area contributed by atoms with Gasteiger partial charge in [0.05, 0.1) is 12.5 Å². The molecule has 1 atom stereocenters. The molecule has 1 N–H and O–H groups in total. The van der Waals surface area contributed by atoms with Crippen LogP contribution in [0.4, 0.5) is 10.1 Å². The molecule has 8 nitrogen and oxygen atoms in total. The maximum absolute atomic E-state index is 14.7. The Labute approximate surface area is 215 Å². The van der Waals surface area contributed by atoms with Gasteiger partial charge in [-0.25, -0.2) is 12.8 Å². The fourth-order valence-corrected chi connectivity index (χ4v) is 5.64. The molecule has 10 heteroatoms. The number of hydrogen-bond donors (Lipinski definition) is 1. The number of piperidine rings is 1. The number of esters is 1. The monoisotopic (exact) mass is 526 g/mol. The molecule has 1 aliphatic heterocycles. The first-order valence-corrected chi connectivity index (χ1v) is 13.3. The minimum absolute atomic E-state index is 0.0245. The summed E-state index contributed by atoms with van der Waals surface area (Å²) in [7, 11) is -4.28. The van der Waals surface area contributed by atoms with Crippen molar-refractivity contribution in [1.29, 1.82) is 0 Å². The Morgan fingerprint density at radius 3 is 2.43 bits per heavy atom. The number of ether oxygens (including phenoxy) is 2. The zero-order valence-corrected chi connectivity index (χ0v) is 21.0. The minimum atomic E-state index is -4.28. The summed E-state index contributed by atoms with van der Waals surface area (Å²) in [6, 6.07) is 19.0. The van der Waals surface area contributed by atoms with Gasteiger partial charge in [-0.15, -0.1) is 0 Å². The van der Waals surface area contributed by atoms with Gasteiger partial charge in [0, 0.05) is 24.3 Å². The lowest BCUT2D eigenvalue weighted by Gasteiger charge is -2.30. The maximum atomic E-state index is 14.7. The first-order chi connectivity index (χ1) is 17.8. The Morgan fingerprint density at radius 1 is 1.03 bits per heavy atom. The molecule has 1 unspecified atom stereocenters. The van der Waals surface area contributed by atoms with E-state index in [2.05, 4.69) is 5.32 Å². The molecule has 1 amide bonds.